The molecule has 0 saturated carbocycles. The zero-order chi connectivity index (χ0) is 10.9. The monoisotopic (exact) mass is 207 g/mol. The molecule has 1 N–H and O–H groups in total. The molecule has 1 aromatic carbocycles. The molecule has 1 unspecified atom stereocenters. The second kappa shape index (κ2) is 3.93. The summed E-state index contributed by atoms with van der Waals surface area (Å²) in [6.07, 6.45) is 2.29. The Morgan fingerprint density at radius 2 is 1.93 bits per heavy atom. The van der Waals surface area contributed by atoms with Crippen LogP contribution in [0.2, 0.25) is 0 Å². The van der Waals surface area contributed by atoms with Crippen molar-refractivity contribution in [1.82, 2.24) is 5.32 Å². The van der Waals surface area contributed by atoms with Gasteiger partial charge in [0.2, 0.25) is 0 Å². The van der Waals surface area contributed by atoms with Crippen molar-refractivity contribution in [2.24, 2.45) is 5.92 Å². The molecule has 0 spiro atoms. The van der Waals surface area contributed by atoms with Gasteiger partial charge in [-0.25, -0.2) is 4.39 Å². The molecule has 1 aliphatic heterocycles. The molecule has 2 heteroatoms. The summed E-state index contributed by atoms with van der Waals surface area (Å²) in [5.41, 5.74) is 1.34. The lowest BCUT2D eigenvalue weighted by atomic mass is 9.75. The van der Waals surface area contributed by atoms with Gasteiger partial charge in [-0.15, -0.1) is 0 Å². The third kappa shape index (κ3) is 2.05. The van der Waals surface area contributed by atoms with Gasteiger partial charge in [-0.1, -0.05) is 26.0 Å². The third-order valence-corrected chi connectivity index (χ3v) is 3.17. The molecule has 1 atom stereocenters. The lowest BCUT2D eigenvalue weighted by molar-refractivity contribution is 0.170. The topological polar surface area (TPSA) is 12.0 Å². The van der Waals surface area contributed by atoms with Crippen molar-refractivity contribution in [3.63, 3.8) is 0 Å². The van der Waals surface area contributed by atoms with E-state index >= 15 is 0 Å². The Morgan fingerprint density at radius 1 is 1.33 bits per heavy atom. The maximum absolute atomic E-state index is 12.8. The maximum Gasteiger partial charge on any atom is 0.123 e. The predicted molar refractivity (Wildman–Crippen MR) is 60.2 cm³/mol. The van der Waals surface area contributed by atoms with Crippen molar-refractivity contribution >= 4 is 0 Å². The average Bonchev–Trinajstić information content (AvgIpc) is 2.13. The highest BCUT2D eigenvalue weighted by atomic mass is 19.1. The smallest absolute Gasteiger partial charge is 0.123 e. The van der Waals surface area contributed by atoms with E-state index in [-0.39, 0.29) is 11.4 Å². The molecule has 1 heterocycles. The zero-order valence-corrected chi connectivity index (χ0v) is 9.39. The van der Waals surface area contributed by atoms with Crippen molar-refractivity contribution in [3.8, 4) is 0 Å². The van der Waals surface area contributed by atoms with Gasteiger partial charge in [0.05, 0.1) is 0 Å². The fourth-order valence-corrected chi connectivity index (χ4v) is 2.43. The molecular formula is C13H18FN. The maximum atomic E-state index is 12.8. The van der Waals surface area contributed by atoms with Crippen LogP contribution in [0.1, 0.15) is 32.3 Å². The van der Waals surface area contributed by atoms with Crippen LogP contribution in [-0.4, -0.2) is 6.54 Å². The van der Waals surface area contributed by atoms with E-state index in [1.165, 1.54) is 5.56 Å². The fraction of sp³-hybridized carbons (Fsp3) is 0.538. The minimum atomic E-state index is -0.155. The summed E-state index contributed by atoms with van der Waals surface area (Å²) in [6, 6.07) is 6.92. The average molecular weight is 207 g/mol. The first-order valence-corrected chi connectivity index (χ1v) is 5.63. The van der Waals surface area contributed by atoms with Crippen molar-refractivity contribution in [2.45, 2.75) is 32.2 Å². The van der Waals surface area contributed by atoms with Crippen LogP contribution in [0.5, 0.6) is 0 Å². The van der Waals surface area contributed by atoms with Crippen molar-refractivity contribution < 1.29 is 4.39 Å². The Bertz CT molecular complexity index is 325. The fourth-order valence-electron chi connectivity index (χ4n) is 2.43. The van der Waals surface area contributed by atoms with E-state index < -0.39 is 0 Å². The van der Waals surface area contributed by atoms with Gasteiger partial charge in [0, 0.05) is 5.54 Å². The Morgan fingerprint density at radius 3 is 2.33 bits per heavy atom. The number of hydrogen-bond acceptors (Lipinski definition) is 1. The summed E-state index contributed by atoms with van der Waals surface area (Å²) >= 11 is 0. The van der Waals surface area contributed by atoms with E-state index in [2.05, 4.69) is 19.2 Å². The van der Waals surface area contributed by atoms with Crippen LogP contribution in [0.4, 0.5) is 4.39 Å². The summed E-state index contributed by atoms with van der Waals surface area (Å²) in [7, 11) is 0. The lowest BCUT2D eigenvalue weighted by Gasteiger charge is -2.45. The van der Waals surface area contributed by atoms with Crippen molar-refractivity contribution in [3.05, 3.63) is 35.6 Å². The van der Waals surface area contributed by atoms with Gasteiger partial charge in [0.25, 0.3) is 0 Å². The molecule has 1 aliphatic rings. The van der Waals surface area contributed by atoms with Crippen LogP contribution in [0.25, 0.3) is 0 Å². The van der Waals surface area contributed by atoms with Gasteiger partial charge >= 0.3 is 0 Å². The number of rotatable bonds is 3. The Kier molecular flexibility index (Phi) is 2.79. The molecule has 0 aliphatic carbocycles. The lowest BCUT2D eigenvalue weighted by Crippen LogP contribution is -2.54. The molecule has 82 valence electrons. The first-order valence-electron chi connectivity index (χ1n) is 5.63. The Balaban J connectivity index is 2.22. The summed E-state index contributed by atoms with van der Waals surface area (Å²) in [4.78, 5) is 0. The summed E-state index contributed by atoms with van der Waals surface area (Å²) < 4.78 is 12.8. The van der Waals surface area contributed by atoms with Crippen molar-refractivity contribution in [2.75, 3.05) is 6.54 Å². The molecule has 15 heavy (non-hydrogen) atoms. The highest BCUT2D eigenvalue weighted by Crippen LogP contribution is 2.37. The minimum Gasteiger partial charge on any atom is -0.307 e. The molecule has 0 amide bonds. The normalized spacial score (nSPS) is 25.3. The molecule has 1 fully saturated rings. The zero-order valence-electron chi connectivity index (χ0n) is 9.39. The number of benzene rings is 1. The minimum absolute atomic E-state index is 0.113. The van der Waals surface area contributed by atoms with Crippen LogP contribution in [0.15, 0.2) is 24.3 Å². The van der Waals surface area contributed by atoms with Gasteiger partial charge in [-0.05, 0) is 43.0 Å². The molecule has 2 rings (SSSR count). The van der Waals surface area contributed by atoms with Gasteiger partial charge in [-0.3, -0.25) is 0 Å². The Hall–Kier alpha value is -0.890. The Labute approximate surface area is 90.7 Å². The van der Waals surface area contributed by atoms with E-state index in [0.717, 1.165) is 19.4 Å². The summed E-state index contributed by atoms with van der Waals surface area (Å²) in [6.45, 7) is 5.53. The molecular weight excluding hydrogens is 189 g/mol. The van der Waals surface area contributed by atoms with Gasteiger partial charge in [0.15, 0.2) is 0 Å². The van der Waals surface area contributed by atoms with Gasteiger partial charge in [0.1, 0.15) is 5.82 Å². The van der Waals surface area contributed by atoms with Gasteiger partial charge < -0.3 is 5.32 Å². The van der Waals surface area contributed by atoms with E-state index in [0.29, 0.717) is 5.92 Å². The van der Waals surface area contributed by atoms with Gasteiger partial charge in [-0.2, -0.15) is 0 Å². The number of hydrogen-bond donors (Lipinski definition) is 1. The second-order valence-corrected chi connectivity index (χ2v) is 4.86. The van der Waals surface area contributed by atoms with Crippen LogP contribution in [-0.2, 0) is 5.54 Å². The van der Waals surface area contributed by atoms with Crippen LogP contribution < -0.4 is 5.32 Å². The standard InChI is InChI=1S/C13H18FN/c1-10(2)9-13(7-8-15-13)11-3-5-12(14)6-4-11/h3-6,10,15H,7-9H2,1-2H3. The largest absolute Gasteiger partial charge is 0.307 e. The molecule has 0 bridgehead atoms. The number of nitrogens with one attached hydrogen (secondary N) is 1. The van der Waals surface area contributed by atoms with Crippen LogP contribution >= 0.6 is 0 Å². The van der Waals surface area contributed by atoms with Crippen LogP contribution in [0, 0.1) is 11.7 Å². The molecule has 1 aromatic rings. The highest BCUT2D eigenvalue weighted by Gasteiger charge is 2.38. The quantitative estimate of drug-likeness (QED) is 0.803. The van der Waals surface area contributed by atoms with Crippen LogP contribution in [0.3, 0.4) is 0 Å². The van der Waals surface area contributed by atoms with Crippen molar-refractivity contribution in [1.29, 1.82) is 0 Å². The predicted octanol–water partition coefficient (Wildman–Crippen LogP) is 3.06. The van der Waals surface area contributed by atoms with E-state index in [9.17, 15) is 4.39 Å². The van der Waals surface area contributed by atoms with E-state index in [1.54, 1.807) is 12.1 Å². The van der Waals surface area contributed by atoms with E-state index in [1.807, 2.05) is 12.1 Å². The summed E-state index contributed by atoms with van der Waals surface area (Å²) in [5.74, 6) is 0.501. The first kappa shape index (κ1) is 10.6. The molecule has 1 saturated heterocycles. The molecule has 1 nitrogen and oxygen atoms in total. The second-order valence-electron chi connectivity index (χ2n) is 4.86. The number of halogens is 1. The van der Waals surface area contributed by atoms with E-state index in [4.69, 9.17) is 0 Å². The SMILES string of the molecule is CC(C)CC1(c2ccc(F)cc2)CCN1. The third-order valence-electron chi connectivity index (χ3n) is 3.17. The molecule has 0 radical (unpaired) electrons. The molecule has 0 aromatic heterocycles. The first-order chi connectivity index (χ1) is 7.12. The summed E-state index contributed by atoms with van der Waals surface area (Å²) in [5, 5.41) is 3.50. The highest BCUT2D eigenvalue weighted by molar-refractivity contribution is 5.27.